The van der Waals surface area contributed by atoms with Crippen LogP contribution in [0.25, 0.3) is 0 Å². The highest BCUT2D eigenvalue weighted by molar-refractivity contribution is 7.92. The number of aliphatic imine (C=N–C) groups is 1. The van der Waals surface area contributed by atoms with Gasteiger partial charge in [0.15, 0.2) is 11.7 Å². The zero-order valence-corrected chi connectivity index (χ0v) is 23.6. The summed E-state index contributed by atoms with van der Waals surface area (Å²) in [7, 11) is -2.41. The van der Waals surface area contributed by atoms with Crippen molar-refractivity contribution in [2.24, 2.45) is 23.5 Å². The molecule has 2 aromatic heterocycles. The van der Waals surface area contributed by atoms with Gasteiger partial charge in [0.25, 0.3) is 10.0 Å². The third-order valence-electron chi connectivity index (χ3n) is 6.00. The Morgan fingerprint density at radius 3 is 2.60 bits per heavy atom. The minimum absolute atomic E-state index is 0.0606. The van der Waals surface area contributed by atoms with Gasteiger partial charge in [0, 0.05) is 31.3 Å². The van der Waals surface area contributed by atoms with Crippen LogP contribution in [-0.2, 0) is 28.3 Å². The van der Waals surface area contributed by atoms with Crippen LogP contribution in [0.3, 0.4) is 0 Å². The summed E-state index contributed by atoms with van der Waals surface area (Å²) >= 11 is 0.874. The second-order valence-electron chi connectivity index (χ2n) is 8.94. The Bertz CT molecular complexity index is 1500. The molecule has 0 saturated carbocycles. The van der Waals surface area contributed by atoms with Gasteiger partial charge in [-0.15, -0.1) is 11.3 Å². The number of hydrogen-bond acceptors (Lipinski definition) is 10. The zero-order chi connectivity index (χ0) is 29.4. The number of aromatic nitrogens is 2. The number of guanidine groups is 1. The van der Waals surface area contributed by atoms with Crippen LogP contribution in [0.1, 0.15) is 50.7 Å². The van der Waals surface area contributed by atoms with Crippen molar-refractivity contribution in [1.29, 1.82) is 0 Å². The summed E-state index contributed by atoms with van der Waals surface area (Å²) in [6.07, 6.45) is 0.910. The number of anilines is 1. The van der Waals surface area contributed by atoms with Gasteiger partial charge < -0.3 is 16.7 Å². The highest BCUT2D eigenvalue weighted by atomic mass is 32.2. The number of carbonyl (C=O) groups excluding carboxylic acids is 3. The summed E-state index contributed by atoms with van der Waals surface area (Å²) in [6, 6.07) is 7.57. The van der Waals surface area contributed by atoms with Gasteiger partial charge in [0.2, 0.25) is 11.6 Å². The molecule has 0 fully saturated rings. The molecule has 214 valence electrons. The number of aryl methyl sites for hydroxylation is 3. The van der Waals surface area contributed by atoms with Gasteiger partial charge in [-0.25, -0.2) is 8.42 Å². The van der Waals surface area contributed by atoms with Crippen LogP contribution in [0.2, 0.25) is 0 Å². The van der Waals surface area contributed by atoms with E-state index in [2.05, 4.69) is 14.8 Å². The quantitative estimate of drug-likeness (QED) is 0.0431. The molecule has 3 aromatic rings. The first-order chi connectivity index (χ1) is 18.9. The van der Waals surface area contributed by atoms with E-state index in [4.69, 9.17) is 11.5 Å². The molecular formula is C25H31N7O6S2. The molecule has 3 rings (SSSR count). The largest absolute Gasteiger partial charge is 0.370 e. The average Bonchev–Trinajstić information content (AvgIpc) is 3.51. The van der Waals surface area contributed by atoms with Crippen LogP contribution in [0, 0.1) is 6.92 Å². The van der Waals surface area contributed by atoms with Crippen molar-refractivity contribution in [3.8, 4) is 0 Å². The normalized spacial score (nSPS) is 12.1. The van der Waals surface area contributed by atoms with E-state index < -0.39 is 27.6 Å². The second kappa shape index (κ2) is 13.4. The van der Waals surface area contributed by atoms with Crippen molar-refractivity contribution < 1.29 is 28.0 Å². The fraction of sp³-hybridized carbons (Fsp3) is 0.320. The average molecular weight is 590 g/mol. The van der Waals surface area contributed by atoms with E-state index in [1.54, 1.807) is 4.68 Å². The fourth-order valence-corrected chi connectivity index (χ4v) is 5.75. The summed E-state index contributed by atoms with van der Waals surface area (Å²) in [5, 5.41) is 15.2. The van der Waals surface area contributed by atoms with Crippen LogP contribution in [0.5, 0.6) is 0 Å². The third kappa shape index (κ3) is 7.81. The molecular weight excluding hydrogens is 558 g/mol. The molecule has 1 aromatic carbocycles. The van der Waals surface area contributed by atoms with E-state index in [9.17, 15) is 28.0 Å². The highest BCUT2D eigenvalue weighted by Crippen LogP contribution is 2.27. The highest BCUT2D eigenvalue weighted by Gasteiger charge is 2.29. The van der Waals surface area contributed by atoms with Crippen LogP contribution in [-0.4, -0.2) is 59.3 Å². The Morgan fingerprint density at radius 2 is 1.95 bits per heavy atom. The van der Waals surface area contributed by atoms with E-state index in [1.807, 2.05) is 25.5 Å². The Kier molecular flexibility index (Phi) is 10.3. The van der Waals surface area contributed by atoms with Gasteiger partial charge in [0.1, 0.15) is 4.88 Å². The molecule has 0 spiro atoms. The predicted molar refractivity (Wildman–Crippen MR) is 150 cm³/mol. The molecule has 0 saturated heterocycles. The standard InChI is InChI=1S/C25H31N7O6S2/c1-15-13-17(29-32(15)2)8-9-21(33)16-5-3-6-18(14-16)40(37,38)31-20-10-12-39-24(20)23(35)22(34)19(30-36)7-4-11-28-25(26)27/h3,5-6,10,12-14,19,30-31,36H,4,7-9,11H2,1-2H3,(H4,26,27,28)/t19-/m0/s1. The van der Waals surface area contributed by atoms with Crippen molar-refractivity contribution in [2.75, 3.05) is 11.3 Å². The Balaban J connectivity index is 1.70. The number of ketones is 3. The lowest BCUT2D eigenvalue weighted by Crippen LogP contribution is -2.39. The smallest absolute Gasteiger partial charge is 0.261 e. The van der Waals surface area contributed by atoms with Crippen LogP contribution < -0.4 is 21.7 Å². The van der Waals surface area contributed by atoms with Gasteiger partial charge in [-0.2, -0.15) is 10.6 Å². The topological polar surface area (TPSA) is 212 Å². The summed E-state index contributed by atoms with van der Waals surface area (Å²) in [6.45, 7) is 2.09. The first-order valence-electron chi connectivity index (χ1n) is 12.2. The van der Waals surface area contributed by atoms with Crippen molar-refractivity contribution >= 4 is 50.4 Å². The number of thiophene rings is 1. The molecule has 0 aliphatic heterocycles. The van der Waals surface area contributed by atoms with Gasteiger partial charge in [0.05, 0.1) is 22.3 Å². The van der Waals surface area contributed by atoms with Crippen LogP contribution in [0.4, 0.5) is 5.69 Å². The Hall–Kier alpha value is -3.92. The molecule has 0 unspecified atom stereocenters. The molecule has 2 heterocycles. The number of rotatable bonds is 15. The Morgan fingerprint density at radius 1 is 1.20 bits per heavy atom. The lowest BCUT2D eigenvalue weighted by Gasteiger charge is -2.13. The number of benzene rings is 1. The minimum Gasteiger partial charge on any atom is -0.370 e. The monoisotopic (exact) mass is 589 g/mol. The molecule has 7 N–H and O–H groups in total. The second-order valence-corrected chi connectivity index (χ2v) is 11.5. The van der Waals surface area contributed by atoms with Gasteiger partial charge in [-0.3, -0.25) is 28.8 Å². The molecule has 0 aliphatic carbocycles. The maximum absolute atomic E-state index is 13.1. The van der Waals surface area contributed by atoms with Crippen LogP contribution in [0.15, 0.2) is 51.7 Å². The number of hydroxylamine groups is 1. The van der Waals surface area contributed by atoms with Crippen molar-refractivity contribution in [3.63, 3.8) is 0 Å². The molecule has 0 amide bonds. The third-order valence-corrected chi connectivity index (χ3v) is 8.27. The van der Waals surface area contributed by atoms with Crippen molar-refractivity contribution in [1.82, 2.24) is 15.3 Å². The lowest BCUT2D eigenvalue weighted by atomic mass is 10.0. The zero-order valence-electron chi connectivity index (χ0n) is 22.0. The molecule has 13 nitrogen and oxygen atoms in total. The lowest BCUT2D eigenvalue weighted by molar-refractivity contribution is -0.119. The maximum Gasteiger partial charge on any atom is 0.261 e. The number of carbonyl (C=O) groups is 3. The number of sulfonamides is 1. The first kappa shape index (κ1) is 30.6. The summed E-state index contributed by atoms with van der Waals surface area (Å²) in [4.78, 5) is 41.8. The molecule has 0 radical (unpaired) electrons. The van der Waals surface area contributed by atoms with Gasteiger partial charge >= 0.3 is 0 Å². The van der Waals surface area contributed by atoms with E-state index >= 15 is 0 Å². The van der Waals surface area contributed by atoms with E-state index in [0.29, 0.717) is 12.8 Å². The Labute approximate surface area is 235 Å². The summed E-state index contributed by atoms with van der Waals surface area (Å²) < 4.78 is 30.3. The van der Waals surface area contributed by atoms with Gasteiger partial charge in [-0.05, 0) is 55.8 Å². The number of nitrogens with two attached hydrogens (primary N) is 2. The number of Topliss-reactive ketones (excluding diaryl/α,β-unsaturated/α-hetero) is 3. The SMILES string of the molecule is Cc1cc(CCC(=O)c2cccc(S(=O)(=O)Nc3ccsc3C(=O)C(=O)[C@H](CCCN=C(N)N)NO)c2)nn1C. The van der Waals surface area contributed by atoms with Crippen molar-refractivity contribution in [2.45, 2.75) is 43.5 Å². The molecule has 0 aliphatic rings. The summed E-state index contributed by atoms with van der Waals surface area (Å²) in [5.74, 6) is -2.30. The summed E-state index contributed by atoms with van der Waals surface area (Å²) in [5.41, 5.74) is 14.2. The maximum atomic E-state index is 13.1. The van der Waals surface area contributed by atoms with Gasteiger partial charge in [-0.1, -0.05) is 12.1 Å². The van der Waals surface area contributed by atoms with Crippen LogP contribution >= 0.6 is 11.3 Å². The molecule has 15 heteroatoms. The predicted octanol–water partition coefficient (Wildman–Crippen LogP) is 1.56. The number of hydrogen-bond donors (Lipinski definition) is 5. The number of nitrogens with one attached hydrogen (secondary N) is 2. The van der Waals surface area contributed by atoms with E-state index in [1.165, 1.54) is 35.7 Å². The van der Waals surface area contributed by atoms with E-state index in [0.717, 1.165) is 22.7 Å². The fourth-order valence-electron chi connectivity index (χ4n) is 3.78. The first-order valence-corrected chi connectivity index (χ1v) is 14.6. The molecule has 40 heavy (non-hydrogen) atoms. The minimum atomic E-state index is -4.22. The number of nitrogens with zero attached hydrogens (tertiary/aromatic N) is 3. The van der Waals surface area contributed by atoms with E-state index in [-0.39, 0.29) is 52.2 Å². The molecule has 1 atom stereocenters. The van der Waals surface area contributed by atoms with Crippen molar-refractivity contribution in [3.05, 3.63) is 63.6 Å². The molecule has 0 bridgehead atoms.